The summed E-state index contributed by atoms with van der Waals surface area (Å²) in [5.74, 6) is -1.46. The van der Waals surface area contributed by atoms with E-state index in [1.54, 1.807) is 37.5 Å². The van der Waals surface area contributed by atoms with Crippen LogP contribution in [0.15, 0.2) is 65.8 Å². The molecule has 0 bridgehead atoms. The molecule has 1 aromatic heterocycles. The molecule has 0 radical (unpaired) electrons. The molecule has 1 aromatic carbocycles. The first kappa shape index (κ1) is 17.5. The molecule has 1 unspecified atom stereocenters. The summed E-state index contributed by atoms with van der Waals surface area (Å²) in [7, 11) is 0. The fraction of sp³-hybridized carbons (Fsp3) is 0.158. The molecule has 2 aromatic rings. The Balaban J connectivity index is 2.18. The van der Waals surface area contributed by atoms with Gasteiger partial charge in [-0.05, 0) is 37.6 Å². The van der Waals surface area contributed by atoms with Crippen molar-refractivity contribution in [2.24, 2.45) is 0 Å². The zero-order valence-electron chi connectivity index (χ0n) is 13.7. The largest absolute Gasteiger partial charge is 0.478 e. The summed E-state index contributed by atoms with van der Waals surface area (Å²) in [6.07, 6.45) is 5.27. The Bertz CT molecular complexity index is 892. The number of aromatic nitrogens is 1. The second-order valence-corrected chi connectivity index (χ2v) is 6.56. The summed E-state index contributed by atoms with van der Waals surface area (Å²) in [4.78, 5) is 18.0. The molecule has 3 rings (SSSR count). The lowest BCUT2D eigenvalue weighted by Crippen LogP contribution is -2.29. The van der Waals surface area contributed by atoms with Gasteiger partial charge in [0.05, 0.1) is 27.5 Å². The van der Waals surface area contributed by atoms with Gasteiger partial charge in [0.1, 0.15) is 0 Å². The molecule has 0 spiro atoms. The first-order chi connectivity index (χ1) is 11.9. The molecule has 6 heteroatoms. The molecule has 4 nitrogen and oxygen atoms in total. The van der Waals surface area contributed by atoms with E-state index >= 15 is 0 Å². The summed E-state index contributed by atoms with van der Waals surface area (Å²) < 4.78 is 0. The number of carboxylic acid groups (broad SMARTS) is 1. The number of carbonyl (C=O) groups is 1. The first-order valence-corrected chi connectivity index (χ1v) is 8.44. The minimum absolute atomic E-state index is 0.263. The highest BCUT2D eigenvalue weighted by molar-refractivity contribution is 6.42. The number of hydrogen-bond donors (Lipinski definition) is 1. The van der Waals surface area contributed by atoms with Crippen molar-refractivity contribution in [3.8, 4) is 0 Å². The Hall–Kier alpha value is -2.30. The van der Waals surface area contributed by atoms with Gasteiger partial charge in [0.25, 0.3) is 0 Å². The van der Waals surface area contributed by atoms with Crippen molar-refractivity contribution >= 4 is 34.9 Å². The maximum Gasteiger partial charge on any atom is 0.334 e. The molecular formula is C19H16Cl2N2O2. The van der Waals surface area contributed by atoms with Crippen LogP contribution in [0.1, 0.15) is 25.3 Å². The van der Waals surface area contributed by atoms with Gasteiger partial charge >= 0.3 is 5.97 Å². The van der Waals surface area contributed by atoms with Crippen molar-refractivity contribution in [3.05, 3.63) is 81.4 Å². The zero-order chi connectivity index (χ0) is 18.1. The summed E-state index contributed by atoms with van der Waals surface area (Å²) >= 11 is 12.5. The highest BCUT2D eigenvalue weighted by Gasteiger charge is 2.32. The van der Waals surface area contributed by atoms with Crippen LogP contribution in [0.4, 0.5) is 5.69 Å². The molecule has 128 valence electrons. The monoisotopic (exact) mass is 374 g/mol. The van der Waals surface area contributed by atoms with Crippen molar-refractivity contribution in [1.29, 1.82) is 0 Å². The van der Waals surface area contributed by atoms with Gasteiger partial charge in [0, 0.05) is 23.5 Å². The van der Waals surface area contributed by atoms with Crippen molar-refractivity contribution in [1.82, 2.24) is 4.98 Å². The van der Waals surface area contributed by atoms with Gasteiger partial charge in [-0.15, -0.1) is 0 Å². The third-order valence-electron chi connectivity index (χ3n) is 4.25. The van der Waals surface area contributed by atoms with Crippen molar-refractivity contribution in [2.45, 2.75) is 19.8 Å². The summed E-state index contributed by atoms with van der Waals surface area (Å²) in [5, 5.41) is 10.6. The van der Waals surface area contributed by atoms with Crippen LogP contribution in [0.2, 0.25) is 10.0 Å². The van der Waals surface area contributed by atoms with Crippen LogP contribution in [0.25, 0.3) is 0 Å². The number of nitrogens with zero attached hydrogens (tertiary/aromatic N) is 2. The second kappa shape index (κ2) is 6.90. The van der Waals surface area contributed by atoms with Crippen LogP contribution in [0.3, 0.4) is 0 Å². The minimum Gasteiger partial charge on any atom is -0.478 e. The third kappa shape index (κ3) is 3.15. The van der Waals surface area contributed by atoms with E-state index in [0.717, 1.165) is 11.4 Å². The highest BCUT2D eigenvalue weighted by atomic mass is 35.5. The molecule has 1 atom stereocenters. The van der Waals surface area contributed by atoms with Crippen molar-refractivity contribution < 1.29 is 9.90 Å². The number of rotatable bonds is 3. The number of halogens is 2. The lowest BCUT2D eigenvalue weighted by Gasteiger charge is -2.34. The number of pyridine rings is 1. The van der Waals surface area contributed by atoms with E-state index in [9.17, 15) is 9.90 Å². The van der Waals surface area contributed by atoms with Crippen LogP contribution in [0, 0.1) is 0 Å². The Kier molecular flexibility index (Phi) is 4.84. The maximum atomic E-state index is 12.0. The van der Waals surface area contributed by atoms with Gasteiger partial charge in [0.2, 0.25) is 0 Å². The molecule has 1 aliphatic heterocycles. The van der Waals surface area contributed by atoms with E-state index in [-0.39, 0.29) is 5.57 Å². The standard InChI is InChI=1S/C19H16Cl2N2O2/c1-11-9-15(14-6-3-7-16(20)18(14)21)17(19(24)25)12(2)23(11)13-5-4-8-22-10-13/h3-10,15H,1-2H3,(H,24,25). The minimum atomic E-state index is -0.990. The van der Waals surface area contributed by atoms with Gasteiger partial charge in [-0.25, -0.2) is 4.79 Å². The lowest BCUT2D eigenvalue weighted by atomic mass is 9.86. The Labute approximate surface area is 156 Å². The summed E-state index contributed by atoms with van der Waals surface area (Å²) in [6, 6.07) is 8.97. The molecular weight excluding hydrogens is 359 g/mol. The molecule has 0 fully saturated rings. The average molecular weight is 375 g/mol. The van der Waals surface area contributed by atoms with E-state index in [4.69, 9.17) is 23.2 Å². The first-order valence-electron chi connectivity index (χ1n) is 7.68. The van der Waals surface area contributed by atoms with Gasteiger partial charge in [-0.2, -0.15) is 0 Å². The fourth-order valence-corrected chi connectivity index (χ4v) is 3.61. The molecule has 0 saturated heterocycles. The highest BCUT2D eigenvalue weighted by Crippen LogP contribution is 2.42. The third-order valence-corrected chi connectivity index (χ3v) is 5.08. The average Bonchev–Trinajstić information content (AvgIpc) is 2.57. The SMILES string of the molecule is CC1=CC(c2cccc(Cl)c2Cl)C(C(=O)O)=C(C)N1c1cccnc1. The zero-order valence-corrected chi connectivity index (χ0v) is 15.2. The summed E-state index contributed by atoms with van der Waals surface area (Å²) in [6.45, 7) is 3.72. The second-order valence-electron chi connectivity index (χ2n) is 5.78. The fourth-order valence-electron chi connectivity index (χ4n) is 3.19. The number of carboxylic acids is 1. The van der Waals surface area contributed by atoms with E-state index in [1.807, 2.05) is 30.0 Å². The van der Waals surface area contributed by atoms with Crippen LogP contribution >= 0.6 is 23.2 Å². The molecule has 0 aliphatic carbocycles. The molecule has 25 heavy (non-hydrogen) atoms. The van der Waals surface area contributed by atoms with E-state index in [0.29, 0.717) is 21.3 Å². The number of aliphatic carboxylic acids is 1. The Morgan fingerprint density at radius 1 is 1.20 bits per heavy atom. The van der Waals surface area contributed by atoms with E-state index in [2.05, 4.69) is 4.98 Å². The number of hydrogen-bond acceptors (Lipinski definition) is 3. The van der Waals surface area contributed by atoms with Gasteiger partial charge in [-0.1, -0.05) is 41.4 Å². The van der Waals surface area contributed by atoms with Gasteiger partial charge < -0.3 is 10.0 Å². The maximum absolute atomic E-state index is 12.0. The van der Waals surface area contributed by atoms with Crippen molar-refractivity contribution in [2.75, 3.05) is 4.90 Å². The van der Waals surface area contributed by atoms with Crippen LogP contribution in [0.5, 0.6) is 0 Å². The molecule has 0 saturated carbocycles. The summed E-state index contributed by atoms with van der Waals surface area (Å²) in [5.41, 5.74) is 3.27. The molecule has 0 amide bonds. The molecule has 2 heterocycles. The van der Waals surface area contributed by atoms with E-state index in [1.165, 1.54) is 0 Å². The lowest BCUT2D eigenvalue weighted by molar-refractivity contribution is -0.132. The van der Waals surface area contributed by atoms with Gasteiger partial charge in [0.15, 0.2) is 0 Å². The van der Waals surface area contributed by atoms with Crippen molar-refractivity contribution in [3.63, 3.8) is 0 Å². The number of benzene rings is 1. The molecule has 1 N–H and O–H groups in total. The van der Waals surface area contributed by atoms with E-state index < -0.39 is 11.9 Å². The topological polar surface area (TPSA) is 53.4 Å². The molecule has 1 aliphatic rings. The predicted molar refractivity (Wildman–Crippen MR) is 100 cm³/mol. The quantitative estimate of drug-likeness (QED) is 0.796. The van der Waals surface area contributed by atoms with Crippen LogP contribution in [-0.2, 0) is 4.79 Å². The predicted octanol–water partition coefficient (Wildman–Crippen LogP) is 5.25. The number of anilines is 1. The van der Waals surface area contributed by atoms with Crippen LogP contribution < -0.4 is 4.90 Å². The van der Waals surface area contributed by atoms with Gasteiger partial charge in [-0.3, -0.25) is 4.98 Å². The smallest absolute Gasteiger partial charge is 0.334 e. The number of allylic oxidation sites excluding steroid dienone is 3. The van der Waals surface area contributed by atoms with Crippen LogP contribution in [-0.4, -0.2) is 16.1 Å². The normalized spacial score (nSPS) is 17.5. The Morgan fingerprint density at radius 2 is 1.96 bits per heavy atom. The Morgan fingerprint density at radius 3 is 2.60 bits per heavy atom.